The number of aryl methyl sites for hydroxylation is 1. The van der Waals surface area contributed by atoms with Crippen molar-refractivity contribution in [3.05, 3.63) is 156 Å². The number of nitrogens with zero attached hydrogens (tertiary/aromatic N) is 4. The second-order valence-electron chi connectivity index (χ2n) is 17.1. The standard InChI is InChI=1S/C34H24N3S.C18H24GeN.Ir/c1-34(2,3)23-14-16-24(17-15-23)37-28-19-13-21-8-4-5-9-25(21)31(28)36-33(37)27-18-12-22(20-35)30-26-10-6-7-11-29(26)38-32(27)30;1-13(2)16-11-18(15-9-7-14(3)8-10-15)20-12-17(16)19(4,5)6;/h4-17,19H,1-3H3;7-9,11-13H,1-6H3;/q2*-1;/i;3D3,13D;. The van der Waals surface area contributed by atoms with Gasteiger partial charge in [-0.05, 0) is 56.3 Å². The van der Waals surface area contributed by atoms with Gasteiger partial charge in [-0.2, -0.15) is 11.3 Å². The van der Waals surface area contributed by atoms with Crippen molar-refractivity contribution in [2.24, 2.45) is 0 Å². The number of pyridine rings is 1. The van der Waals surface area contributed by atoms with Crippen molar-refractivity contribution < 1.29 is 25.6 Å². The third-order valence-electron chi connectivity index (χ3n) is 10.7. The Morgan fingerprint density at radius 2 is 1.61 bits per heavy atom. The smallest absolute Gasteiger partial charge is 0 e. The minimum atomic E-state index is -2.14. The van der Waals surface area contributed by atoms with E-state index in [-0.39, 0.29) is 31.1 Å². The quantitative estimate of drug-likeness (QED) is 0.127. The predicted octanol–water partition coefficient (Wildman–Crippen LogP) is 13.7. The van der Waals surface area contributed by atoms with Crippen molar-refractivity contribution in [2.75, 3.05) is 0 Å². The summed E-state index contributed by atoms with van der Waals surface area (Å²) in [6, 6.07) is 47.3. The SMILES string of the molecule is CC(C)(C)c1ccc(-n2c(-c3[c-]cc(C#N)c4c3sc3ccccc34)nc3c4ccccc4ccc32)cc1.[2H]C([2H])([2H])c1c[c-]c(-c2cc(C([2H])(C)C)[c]([Ge]([CH3])([CH3])[CH3])cn2)cc1.[Ir]. The molecular weight excluding hydrogens is 977 g/mol. The van der Waals surface area contributed by atoms with Gasteiger partial charge in [0.15, 0.2) is 0 Å². The number of benzene rings is 6. The Morgan fingerprint density at radius 3 is 2.27 bits per heavy atom. The van der Waals surface area contributed by atoms with Crippen LogP contribution < -0.4 is 4.40 Å². The van der Waals surface area contributed by atoms with Crippen LogP contribution in [0.5, 0.6) is 0 Å². The van der Waals surface area contributed by atoms with Crippen LogP contribution in [0.2, 0.25) is 17.3 Å². The number of imidazole rings is 1. The van der Waals surface area contributed by atoms with Crippen LogP contribution in [0.1, 0.15) is 68.2 Å². The number of fused-ring (bicyclic) bond motifs is 6. The number of nitriles is 1. The number of hydrogen-bond donors (Lipinski definition) is 0. The third-order valence-corrected chi connectivity index (χ3v) is 16.1. The van der Waals surface area contributed by atoms with E-state index in [2.05, 4.69) is 139 Å². The van der Waals surface area contributed by atoms with Crippen LogP contribution in [0.15, 0.2) is 121 Å². The van der Waals surface area contributed by atoms with E-state index >= 15 is 0 Å². The van der Waals surface area contributed by atoms with E-state index in [1.807, 2.05) is 44.3 Å². The van der Waals surface area contributed by atoms with Gasteiger partial charge in [-0.3, -0.25) is 4.98 Å². The average molecular weight is 1030 g/mol. The maximum atomic E-state index is 9.95. The third kappa shape index (κ3) is 8.19. The van der Waals surface area contributed by atoms with Crippen LogP contribution in [0, 0.1) is 30.3 Å². The zero-order chi connectivity index (χ0) is 44.4. The summed E-state index contributed by atoms with van der Waals surface area (Å²) >= 11 is -0.440. The summed E-state index contributed by atoms with van der Waals surface area (Å²) in [6.45, 7) is 8.36. The molecule has 0 aliphatic carbocycles. The summed E-state index contributed by atoms with van der Waals surface area (Å²) in [5, 5.41) is 14.3. The minimum Gasteiger partial charge on any atom is 0 e. The van der Waals surface area contributed by atoms with Crippen molar-refractivity contribution in [1.29, 1.82) is 5.26 Å². The first-order valence-corrected chi connectivity index (χ1v) is 27.7. The van der Waals surface area contributed by atoms with Gasteiger partial charge in [0.05, 0.1) is 16.9 Å². The Bertz CT molecular complexity index is 3180. The van der Waals surface area contributed by atoms with Crippen LogP contribution in [-0.2, 0) is 25.5 Å². The summed E-state index contributed by atoms with van der Waals surface area (Å²) in [5.41, 5.74) is 8.75. The van der Waals surface area contributed by atoms with E-state index in [0.717, 1.165) is 75.9 Å². The molecule has 59 heavy (non-hydrogen) atoms. The molecule has 1 radical (unpaired) electrons. The van der Waals surface area contributed by atoms with Crippen LogP contribution in [0.3, 0.4) is 0 Å². The molecule has 0 aliphatic rings. The molecule has 4 nitrogen and oxygen atoms in total. The van der Waals surface area contributed by atoms with Gasteiger partial charge >= 0.3 is 131 Å². The molecule has 0 bridgehead atoms. The monoisotopic (exact) mass is 1030 g/mol. The molecule has 7 heteroatoms. The average Bonchev–Trinajstić information content (AvgIpc) is 3.82. The normalized spacial score (nSPS) is 13.2. The van der Waals surface area contributed by atoms with E-state index in [0.29, 0.717) is 5.56 Å². The van der Waals surface area contributed by atoms with Gasteiger partial charge < -0.3 is 4.57 Å². The second kappa shape index (κ2) is 16.6. The first-order valence-electron chi connectivity index (χ1n) is 21.5. The van der Waals surface area contributed by atoms with Crippen LogP contribution >= 0.6 is 11.3 Å². The molecule has 0 aliphatic heterocycles. The molecule has 0 saturated carbocycles. The van der Waals surface area contributed by atoms with E-state index in [9.17, 15) is 5.26 Å². The Kier molecular flexibility index (Phi) is 10.5. The minimum absolute atomic E-state index is 0. The fourth-order valence-corrected chi connectivity index (χ4v) is 12.1. The fourth-order valence-electron chi connectivity index (χ4n) is 7.57. The number of hydrogen-bond acceptors (Lipinski definition) is 4. The predicted molar refractivity (Wildman–Crippen MR) is 249 cm³/mol. The van der Waals surface area contributed by atoms with E-state index in [1.54, 1.807) is 23.5 Å². The molecule has 9 aromatic rings. The molecule has 0 amide bonds. The van der Waals surface area contributed by atoms with E-state index in [1.165, 1.54) is 16.0 Å². The first kappa shape index (κ1) is 37.1. The Hall–Kier alpha value is -4.90. The molecule has 0 spiro atoms. The summed E-state index contributed by atoms with van der Waals surface area (Å²) in [5.74, 6) is 7.01. The molecule has 0 fully saturated rings. The van der Waals surface area contributed by atoms with Gasteiger partial charge in [0.25, 0.3) is 0 Å². The molecule has 3 heterocycles. The number of aromatic nitrogens is 3. The van der Waals surface area contributed by atoms with Gasteiger partial charge in [0, 0.05) is 41.9 Å². The van der Waals surface area contributed by atoms with Gasteiger partial charge in [0.2, 0.25) is 0 Å². The maximum absolute atomic E-state index is 9.95. The van der Waals surface area contributed by atoms with Crippen LogP contribution in [-0.4, -0.2) is 27.8 Å². The van der Waals surface area contributed by atoms with Crippen molar-refractivity contribution in [3.8, 4) is 34.4 Å². The molecule has 0 N–H and O–H groups in total. The van der Waals surface area contributed by atoms with Crippen molar-refractivity contribution >= 4 is 71.0 Å². The molecule has 0 unspecified atom stereocenters. The van der Waals surface area contributed by atoms with Gasteiger partial charge in [0.1, 0.15) is 0 Å². The molecule has 3 aromatic heterocycles. The van der Waals surface area contributed by atoms with Crippen LogP contribution in [0.4, 0.5) is 0 Å². The topological polar surface area (TPSA) is 54.5 Å². The summed E-state index contributed by atoms with van der Waals surface area (Å²) in [6.07, 6.45) is 1.91. The fraction of sp³-hybridized carbons (Fsp3) is 0.212. The van der Waals surface area contributed by atoms with Crippen molar-refractivity contribution in [1.82, 2.24) is 14.5 Å². The second-order valence-corrected chi connectivity index (χ2v) is 28.7. The number of thiophene rings is 1. The van der Waals surface area contributed by atoms with Crippen molar-refractivity contribution in [2.45, 2.75) is 70.0 Å². The van der Waals surface area contributed by atoms with Gasteiger partial charge in [-0.25, -0.2) is 5.26 Å². The number of rotatable bonds is 5. The summed E-state index contributed by atoms with van der Waals surface area (Å²) in [4.78, 5) is 9.86. The maximum Gasteiger partial charge on any atom is 0 e. The summed E-state index contributed by atoms with van der Waals surface area (Å²) in [7, 11) is 0. The molecular formula is C52H48GeIrN4S-2. The molecule has 9 rings (SSSR count). The molecule has 6 aromatic carbocycles. The molecule has 0 saturated heterocycles. The zero-order valence-electron chi connectivity index (χ0n) is 38.6. The first-order chi connectivity index (χ1) is 29.2. The van der Waals surface area contributed by atoms with Gasteiger partial charge in [-0.1, -0.05) is 92.4 Å². The zero-order valence-corrected chi connectivity index (χ0v) is 39.9. The summed E-state index contributed by atoms with van der Waals surface area (Å²) < 4.78 is 36.5. The van der Waals surface area contributed by atoms with Crippen molar-refractivity contribution in [3.63, 3.8) is 0 Å². The van der Waals surface area contributed by atoms with E-state index in [4.69, 9.17) is 10.5 Å². The molecule has 297 valence electrons. The molecule has 0 atom stereocenters. The van der Waals surface area contributed by atoms with E-state index < -0.39 is 26.0 Å². The Labute approximate surface area is 374 Å². The van der Waals surface area contributed by atoms with Crippen LogP contribution in [0.25, 0.3) is 70.3 Å². The van der Waals surface area contributed by atoms with Gasteiger partial charge in [-0.15, -0.1) is 12.1 Å². The largest absolute Gasteiger partial charge is 0 e. The Morgan fingerprint density at radius 1 is 0.881 bits per heavy atom. The Balaban J connectivity index is 0.000000207.